The molecule has 4 nitrogen and oxygen atoms in total. The van der Waals surface area contributed by atoms with Gasteiger partial charge in [0.1, 0.15) is 0 Å². The maximum Gasteiger partial charge on any atom is 0.0947 e. The standard InChI is InChI=1S/C15H20N4/c1-19-9-15(17-10-19)14(18-16)8-11-5-6-12-3-2-4-13(12)7-11/h5-7,9-10,14,18H,2-4,8,16H2,1H3. The van der Waals surface area contributed by atoms with Crippen LogP contribution in [0, 0.1) is 0 Å². The van der Waals surface area contributed by atoms with Gasteiger partial charge in [0, 0.05) is 13.2 Å². The van der Waals surface area contributed by atoms with Crippen molar-refractivity contribution >= 4 is 0 Å². The number of benzene rings is 1. The molecule has 1 heterocycles. The highest BCUT2D eigenvalue weighted by Crippen LogP contribution is 2.25. The van der Waals surface area contributed by atoms with Gasteiger partial charge in [-0.15, -0.1) is 0 Å². The van der Waals surface area contributed by atoms with Crippen LogP contribution in [-0.4, -0.2) is 9.55 Å². The Balaban J connectivity index is 1.79. The Morgan fingerprint density at radius 1 is 1.37 bits per heavy atom. The first-order valence-corrected chi connectivity index (χ1v) is 6.81. The molecule has 1 aromatic carbocycles. The number of nitrogens with zero attached hydrogens (tertiary/aromatic N) is 2. The smallest absolute Gasteiger partial charge is 0.0947 e. The molecule has 0 aliphatic heterocycles. The summed E-state index contributed by atoms with van der Waals surface area (Å²) >= 11 is 0. The molecular formula is C15H20N4. The normalized spacial score (nSPS) is 15.5. The third-order valence-electron chi connectivity index (χ3n) is 3.89. The zero-order valence-electron chi connectivity index (χ0n) is 11.3. The van der Waals surface area contributed by atoms with E-state index in [-0.39, 0.29) is 6.04 Å². The molecule has 0 amide bonds. The third kappa shape index (κ3) is 2.55. The van der Waals surface area contributed by atoms with Crippen LogP contribution < -0.4 is 11.3 Å². The van der Waals surface area contributed by atoms with E-state index in [4.69, 9.17) is 5.84 Å². The van der Waals surface area contributed by atoms with Crippen LogP contribution in [0.1, 0.15) is 34.8 Å². The van der Waals surface area contributed by atoms with Crippen LogP contribution in [0.3, 0.4) is 0 Å². The van der Waals surface area contributed by atoms with Gasteiger partial charge in [-0.25, -0.2) is 4.98 Å². The van der Waals surface area contributed by atoms with Crippen LogP contribution in [-0.2, 0) is 26.3 Å². The molecule has 0 fully saturated rings. The number of hydrazine groups is 1. The first kappa shape index (κ1) is 12.4. The number of imidazole rings is 1. The van der Waals surface area contributed by atoms with E-state index in [1.165, 1.54) is 36.0 Å². The van der Waals surface area contributed by atoms with Crippen molar-refractivity contribution in [1.29, 1.82) is 0 Å². The molecule has 3 N–H and O–H groups in total. The van der Waals surface area contributed by atoms with E-state index >= 15 is 0 Å². The first-order chi connectivity index (χ1) is 9.26. The molecule has 3 rings (SSSR count). The number of aryl methyl sites for hydroxylation is 3. The Hall–Kier alpha value is -1.65. The van der Waals surface area contributed by atoms with E-state index < -0.39 is 0 Å². The molecule has 1 aliphatic carbocycles. The molecule has 2 aromatic rings. The highest BCUT2D eigenvalue weighted by atomic mass is 15.2. The molecule has 0 bridgehead atoms. The summed E-state index contributed by atoms with van der Waals surface area (Å²) in [6.45, 7) is 0. The summed E-state index contributed by atoms with van der Waals surface area (Å²) in [5, 5.41) is 0. The Kier molecular flexibility index (Phi) is 3.36. The van der Waals surface area contributed by atoms with Crippen LogP contribution in [0.5, 0.6) is 0 Å². The molecule has 1 aliphatic rings. The fraction of sp³-hybridized carbons (Fsp3) is 0.400. The predicted octanol–water partition coefficient (Wildman–Crippen LogP) is 1.66. The molecule has 1 aromatic heterocycles. The molecule has 100 valence electrons. The molecule has 19 heavy (non-hydrogen) atoms. The summed E-state index contributed by atoms with van der Waals surface area (Å²) in [7, 11) is 1.97. The van der Waals surface area contributed by atoms with Crippen molar-refractivity contribution in [3.63, 3.8) is 0 Å². The van der Waals surface area contributed by atoms with E-state index in [0.29, 0.717) is 0 Å². The fourth-order valence-electron chi connectivity index (χ4n) is 2.85. The average Bonchev–Trinajstić information content (AvgIpc) is 3.04. The Bertz CT molecular complexity index is 573. The molecule has 0 spiro atoms. The van der Waals surface area contributed by atoms with Gasteiger partial charge in [0.15, 0.2) is 0 Å². The van der Waals surface area contributed by atoms with Gasteiger partial charge in [-0.3, -0.25) is 11.3 Å². The molecule has 0 saturated carbocycles. The summed E-state index contributed by atoms with van der Waals surface area (Å²) in [4.78, 5) is 4.38. The number of rotatable bonds is 4. The Morgan fingerprint density at radius 2 is 2.21 bits per heavy atom. The monoisotopic (exact) mass is 256 g/mol. The summed E-state index contributed by atoms with van der Waals surface area (Å²) in [5.41, 5.74) is 8.21. The van der Waals surface area contributed by atoms with Crippen molar-refractivity contribution in [2.24, 2.45) is 12.9 Å². The van der Waals surface area contributed by atoms with Crippen molar-refractivity contribution < 1.29 is 0 Å². The molecule has 1 atom stereocenters. The van der Waals surface area contributed by atoms with Gasteiger partial charge >= 0.3 is 0 Å². The van der Waals surface area contributed by atoms with Gasteiger partial charge in [0.25, 0.3) is 0 Å². The summed E-state index contributed by atoms with van der Waals surface area (Å²) in [6.07, 6.45) is 8.43. The fourth-order valence-corrected chi connectivity index (χ4v) is 2.85. The minimum atomic E-state index is 0.0700. The quantitative estimate of drug-likeness (QED) is 0.646. The SMILES string of the molecule is Cn1cnc(C(Cc2ccc3c(c2)CCC3)NN)c1. The van der Waals surface area contributed by atoms with E-state index in [1.807, 2.05) is 24.1 Å². The molecule has 1 unspecified atom stereocenters. The maximum absolute atomic E-state index is 5.68. The Labute approximate surface area is 113 Å². The van der Waals surface area contributed by atoms with E-state index in [1.54, 1.807) is 0 Å². The van der Waals surface area contributed by atoms with Gasteiger partial charge in [0.2, 0.25) is 0 Å². The lowest BCUT2D eigenvalue weighted by Gasteiger charge is -2.14. The largest absolute Gasteiger partial charge is 0.340 e. The summed E-state index contributed by atoms with van der Waals surface area (Å²) < 4.78 is 1.95. The van der Waals surface area contributed by atoms with Gasteiger partial charge < -0.3 is 4.57 Å². The molecular weight excluding hydrogens is 236 g/mol. The summed E-state index contributed by atoms with van der Waals surface area (Å²) in [5.74, 6) is 5.68. The number of fused-ring (bicyclic) bond motifs is 1. The van der Waals surface area contributed by atoms with Crippen molar-refractivity contribution in [1.82, 2.24) is 15.0 Å². The van der Waals surface area contributed by atoms with Crippen LogP contribution in [0.15, 0.2) is 30.7 Å². The number of hydrogen-bond acceptors (Lipinski definition) is 3. The van der Waals surface area contributed by atoms with E-state index in [0.717, 1.165) is 12.1 Å². The number of aromatic nitrogens is 2. The minimum absolute atomic E-state index is 0.0700. The first-order valence-electron chi connectivity index (χ1n) is 6.81. The van der Waals surface area contributed by atoms with Crippen molar-refractivity contribution in [3.8, 4) is 0 Å². The van der Waals surface area contributed by atoms with E-state index in [2.05, 4.69) is 28.6 Å². The van der Waals surface area contributed by atoms with Crippen LogP contribution in [0.25, 0.3) is 0 Å². The average molecular weight is 256 g/mol. The van der Waals surface area contributed by atoms with Crippen molar-refractivity contribution in [3.05, 3.63) is 53.1 Å². The number of hydrogen-bond donors (Lipinski definition) is 2. The van der Waals surface area contributed by atoms with Crippen molar-refractivity contribution in [2.45, 2.75) is 31.7 Å². The lowest BCUT2D eigenvalue weighted by molar-refractivity contribution is 0.540. The minimum Gasteiger partial charge on any atom is -0.340 e. The van der Waals surface area contributed by atoms with Crippen molar-refractivity contribution in [2.75, 3.05) is 0 Å². The zero-order chi connectivity index (χ0) is 13.2. The second kappa shape index (κ2) is 5.15. The highest BCUT2D eigenvalue weighted by Gasteiger charge is 2.15. The van der Waals surface area contributed by atoms with Gasteiger partial charge in [0.05, 0.1) is 18.1 Å². The van der Waals surface area contributed by atoms with Gasteiger partial charge in [-0.1, -0.05) is 18.2 Å². The van der Waals surface area contributed by atoms with Crippen LogP contribution >= 0.6 is 0 Å². The van der Waals surface area contributed by atoms with Crippen LogP contribution in [0.4, 0.5) is 0 Å². The lowest BCUT2D eigenvalue weighted by atomic mass is 10.00. The number of nitrogens with two attached hydrogens (primary N) is 1. The second-order valence-corrected chi connectivity index (χ2v) is 5.34. The molecule has 4 heteroatoms. The Morgan fingerprint density at radius 3 is 2.95 bits per heavy atom. The van der Waals surface area contributed by atoms with Crippen LogP contribution in [0.2, 0.25) is 0 Å². The second-order valence-electron chi connectivity index (χ2n) is 5.34. The topological polar surface area (TPSA) is 55.9 Å². The van der Waals surface area contributed by atoms with Gasteiger partial charge in [-0.05, 0) is 42.4 Å². The zero-order valence-corrected chi connectivity index (χ0v) is 11.3. The molecule has 0 radical (unpaired) electrons. The van der Waals surface area contributed by atoms with E-state index in [9.17, 15) is 0 Å². The molecule has 0 saturated heterocycles. The third-order valence-corrected chi connectivity index (χ3v) is 3.89. The van der Waals surface area contributed by atoms with Gasteiger partial charge in [-0.2, -0.15) is 0 Å². The maximum atomic E-state index is 5.68. The highest BCUT2D eigenvalue weighted by molar-refractivity contribution is 5.35. The summed E-state index contributed by atoms with van der Waals surface area (Å²) in [6, 6.07) is 6.89. The lowest BCUT2D eigenvalue weighted by Crippen LogP contribution is -2.29. The number of nitrogens with one attached hydrogen (secondary N) is 1. The predicted molar refractivity (Wildman–Crippen MR) is 75.4 cm³/mol.